The second-order valence-electron chi connectivity index (χ2n) is 6.94. The van der Waals surface area contributed by atoms with Crippen LogP contribution in [-0.2, 0) is 18.9 Å². The number of hydrogen-bond acceptors (Lipinski definition) is 0. The van der Waals surface area contributed by atoms with E-state index in [0.29, 0.717) is 16.8 Å². The highest BCUT2D eigenvalue weighted by molar-refractivity contribution is 5.87. The van der Waals surface area contributed by atoms with Crippen molar-refractivity contribution in [1.29, 1.82) is 0 Å². The van der Waals surface area contributed by atoms with Crippen molar-refractivity contribution in [3.8, 4) is 11.3 Å². The molecule has 0 N–H and O–H groups in total. The molecule has 0 fully saturated rings. The fourth-order valence-electron chi connectivity index (χ4n) is 3.43. The molecule has 0 radical (unpaired) electrons. The Morgan fingerprint density at radius 2 is 1.17 bits per heavy atom. The molecule has 7 heteroatoms. The lowest BCUT2D eigenvalue weighted by atomic mass is 10.1. The van der Waals surface area contributed by atoms with Gasteiger partial charge in [-0.1, -0.05) is 42.5 Å². The number of hydrogen-bond donors (Lipinski definition) is 0. The molecule has 3 aromatic carbocycles. The molecule has 4 rings (SSSR count). The fraction of sp³-hybridized carbons (Fsp3) is 0.130. The number of fused-ring (bicyclic) bond motifs is 1. The first-order valence-corrected chi connectivity index (χ1v) is 9.05. The van der Waals surface area contributed by atoms with Gasteiger partial charge in [-0.3, -0.25) is 0 Å². The van der Waals surface area contributed by atoms with Gasteiger partial charge in [0.05, 0.1) is 11.1 Å². The van der Waals surface area contributed by atoms with Crippen molar-refractivity contribution in [2.45, 2.75) is 18.9 Å². The van der Waals surface area contributed by atoms with Crippen LogP contribution < -0.4 is 0 Å². The maximum absolute atomic E-state index is 12.9. The summed E-state index contributed by atoms with van der Waals surface area (Å²) in [5.74, 6) is 0. The topological polar surface area (TPSA) is 4.93 Å². The molecule has 0 aliphatic carbocycles. The van der Waals surface area contributed by atoms with Gasteiger partial charge in [-0.05, 0) is 47.5 Å². The molecule has 1 nitrogen and oxygen atoms in total. The van der Waals surface area contributed by atoms with E-state index in [0.717, 1.165) is 35.2 Å². The van der Waals surface area contributed by atoms with E-state index in [2.05, 4.69) is 0 Å². The summed E-state index contributed by atoms with van der Waals surface area (Å²) >= 11 is 0. The number of para-hydroxylation sites is 1. The predicted octanol–water partition coefficient (Wildman–Crippen LogP) is 7.39. The molecule has 0 unspecified atom stereocenters. The van der Waals surface area contributed by atoms with Crippen LogP contribution in [0.1, 0.15) is 16.7 Å². The normalized spacial score (nSPS) is 12.5. The van der Waals surface area contributed by atoms with Crippen molar-refractivity contribution in [2.75, 3.05) is 0 Å². The Balaban J connectivity index is 1.76. The average Bonchev–Trinajstić information content (AvgIpc) is 3.06. The Kier molecular flexibility index (Phi) is 4.84. The number of aromatic nitrogens is 1. The summed E-state index contributed by atoms with van der Waals surface area (Å²) < 4.78 is 79.0. The zero-order valence-electron chi connectivity index (χ0n) is 15.4. The Bertz CT molecular complexity index is 1170. The summed E-state index contributed by atoms with van der Waals surface area (Å²) in [6, 6.07) is 19.0. The van der Waals surface area contributed by atoms with Gasteiger partial charge in [0.2, 0.25) is 0 Å². The monoisotopic (exact) mass is 419 g/mol. The zero-order chi connectivity index (χ0) is 21.5. The van der Waals surface area contributed by atoms with E-state index < -0.39 is 23.5 Å². The first-order chi connectivity index (χ1) is 14.1. The second-order valence-corrected chi connectivity index (χ2v) is 6.94. The maximum atomic E-state index is 12.9. The van der Waals surface area contributed by atoms with Crippen molar-refractivity contribution in [2.24, 2.45) is 0 Å². The highest BCUT2D eigenvalue weighted by Crippen LogP contribution is 2.34. The molecule has 30 heavy (non-hydrogen) atoms. The molecule has 0 atom stereocenters. The SMILES string of the molecule is FC(F)(F)c1ccc(Cn2c(-c3ccc(C(F)(F)F)cc3)cc3ccccc32)cc1. The van der Waals surface area contributed by atoms with Gasteiger partial charge in [-0.25, -0.2) is 0 Å². The lowest BCUT2D eigenvalue weighted by Gasteiger charge is -2.13. The third-order valence-electron chi connectivity index (χ3n) is 4.94. The van der Waals surface area contributed by atoms with Gasteiger partial charge in [0.25, 0.3) is 0 Å². The summed E-state index contributed by atoms with van der Waals surface area (Å²) in [5.41, 5.74) is 1.30. The van der Waals surface area contributed by atoms with Crippen LogP contribution in [0.2, 0.25) is 0 Å². The summed E-state index contributed by atoms with van der Waals surface area (Å²) in [6.07, 6.45) is -8.84. The Morgan fingerprint density at radius 3 is 1.73 bits per heavy atom. The summed E-state index contributed by atoms with van der Waals surface area (Å²) in [6.45, 7) is 0.280. The van der Waals surface area contributed by atoms with Crippen LogP contribution in [0.15, 0.2) is 78.9 Å². The zero-order valence-corrected chi connectivity index (χ0v) is 15.4. The van der Waals surface area contributed by atoms with Crippen LogP contribution in [0.5, 0.6) is 0 Å². The van der Waals surface area contributed by atoms with E-state index in [-0.39, 0.29) is 6.54 Å². The highest BCUT2D eigenvalue weighted by atomic mass is 19.4. The minimum absolute atomic E-state index is 0.280. The molecular formula is C23H15F6N. The molecular weight excluding hydrogens is 404 g/mol. The average molecular weight is 419 g/mol. The minimum atomic E-state index is -4.43. The summed E-state index contributed by atoms with van der Waals surface area (Å²) in [4.78, 5) is 0. The molecule has 0 amide bonds. The van der Waals surface area contributed by atoms with Gasteiger partial charge >= 0.3 is 12.4 Å². The Labute approximate surface area is 168 Å². The smallest absolute Gasteiger partial charge is 0.336 e. The van der Waals surface area contributed by atoms with Crippen LogP contribution in [0.25, 0.3) is 22.2 Å². The molecule has 0 aliphatic heterocycles. The molecule has 1 heterocycles. The third kappa shape index (κ3) is 3.92. The summed E-state index contributed by atoms with van der Waals surface area (Å²) in [7, 11) is 0. The van der Waals surface area contributed by atoms with Crippen molar-refractivity contribution in [3.63, 3.8) is 0 Å². The molecule has 1 aromatic heterocycles. The first-order valence-electron chi connectivity index (χ1n) is 9.05. The number of halogens is 6. The largest absolute Gasteiger partial charge is 0.416 e. The van der Waals surface area contributed by atoms with E-state index in [9.17, 15) is 26.3 Å². The van der Waals surface area contributed by atoms with Crippen LogP contribution in [-0.4, -0.2) is 4.57 Å². The first kappa shape index (κ1) is 20.1. The number of alkyl halides is 6. The van der Waals surface area contributed by atoms with Crippen molar-refractivity contribution in [1.82, 2.24) is 4.57 Å². The molecule has 154 valence electrons. The quantitative estimate of drug-likeness (QED) is 0.305. The van der Waals surface area contributed by atoms with Gasteiger partial charge in [0, 0.05) is 23.1 Å². The highest BCUT2D eigenvalue weighted by Gasteiger charge is 2.31. The second kappa shape index (κ2) is 7.23. The van der Waals surface area contributed by atoms with E-state index in [1.54, 1.807) is 0 Å². The van der Waals surface area contributed by atoms with Gasteiger partial charge in [-0.15, -0.1) is 0 Å². The predicted molar refractivity (Wildman–Crippen MR) is 103 cm³/mol. The van der Waals surface area contributed by atoms with Gasteiger partial charge in [0.1, 0.15) is 0 Å². The molecule has 0 saturated heterocycles. The Morgan fingerprint density at radius 1 is 0.633 bits per heavy atom. The molecule has 0 bridgehead atoms. The van der Waals surface area contributed by atoms with Crippen molar-refractivity contribution in [3.05, 3.63) is 95.6 Å². The number of benzene rings is 3. The van der Waals surface area contributed by atoms with Crippen LogP contribution in [0, 0.1) is 0 Å². The van der Waals surface area contributed by atoms with Crippen molar-refractivity contribution >= 4 is 10.9 Å². The van der Waals surface area contributed by atoms with Crippen LogP contribution >= 0.6 is 0 Å². The third-order valence-corrected chi connectivity index (χ3v) is 4.94. The lowest BCUT2D eigenvalue weighted by Crippen LogP contribution is -2.06. The van der Waals surface area contributed by atoms with Gasteiger partial charge in [0.15, 0.2) is 0 Å². The standard InChI is InChI=1S/C23H15F6N/c24-22(25,26)18-9-5-15(6-10-18)14-30-20-4-2-1-3-17(20)13-21(30)16-7-11-19(12-8-16)23(27,28)29/h1-13H,14H2. The summed E-state index contributed by atoms with van der Waals surface area (Å²) in [5, 5.41) is 0.888. The van der Waals surface area contributed by atoms with E-state index in [4.69, 9.17) is 0 Å². The maximum Gasteiger partial charge on any atom is 0.416 e. The van der Waals surface area contributed by atoms with Gasteiger partial charge in [-0.2, -0.15) is 26.3 Å². The van der Waals surface area contributed by atoms with Crippen LogP contribution in [0.4, 0.5) is 26.3 Å². The van der Waals surface area contributed by atoms with E-state index in [1.807, 2.05) is 34.9 Å². The van der Waals surface area contributed by atoms with Crippen molar-refractivity contribution < 1.29 is 26.3 Å². The number of rotatable bonds is 3. The lowest BCUT2D eigenvalue weighted by molar-refractivity contribution is -0.138. The molecule has 0 spiro atoms. The molecule has 0 saturated carbocycles. The van der Waals surface area contributed by atoms with E-state index in [1.165, 1.54) is 24.3 Å². The molecule has 0 aliphatic rings. The molecule has 4 aromatic rings. The minimum Gasteiger partial charge on any atom is -0.336 e. The Hall–Kier alpha value is -3.22. The fourth-order valence-corrected chi connectivity index (χ4v) is 3.43. The van der Waals surface area contributed by atoms with E-state index >= 15 is 0 Å². The number of nitrogens with zero attached hydrogens (tertiary/aromatic N) is 1. The van der Waals surface area contributed by atoms with Gasteiger partial charge < -0.3 is 4.57 Å². The van der Waals surface area contributed by atoms with Crippen LogP contribution in [0.3, 0.4) is 0 Å².